The number of hydrogen-bond donors (Lipinski definition) is 2. The van der Waals surface area contributed by atoms with Crippen LogP contribution in [0.5, 0.6) is 0 Å². The third-order valence-corrected chi connectivity index (χ3v) is 5.19. The Bertz CT molecular complexity index is 868. The van der Waals surface area contributed by atoms with Crippen molar-refractivity contribution in [3.63, 3.8) is 0 Å². The van der Waals surface area contributed by atoms with Crippen molar-refractivity contribution in [3.8, 4) is 0 Å². The van der Waals surface area contributed by atoms with E-state index in [4.69, 9.17) is 0 Å². The fourth-order valence-corrected chi connectivity index (χ4v) is 3.57. The molecule has 146 valence electrons. The number of piperidine rings is 1. The smallest absolute Gasteiger partial charge is 0.279 e. The number of Topliss-reactive ketones (excluding diaryl/α,β-unsaturated/α-hetero) is 1. The van der Waals surface area contributed by atoms with Gasteiger partial charge in [-0.1, -0.05) is 42.0 Å². The van der Waals surface area contributed by atoms with Crippen LogP contribution in [-0.4, -0.2) is 37.3 Å². The number of ketones is 1. The molecular formula is C22H24N2O4. The molecule has 1 fully saturated rings. The predicted molar refractivity (Wildman–Crippen MR) is 103 cm³/mol. The summed E-state index contributed by atoms with van der Waals surface area (Å²) in [5.41, 5.74) is 2.35. The lowest BCUT2D eigenvalue weighted by Gasteiger charge is -2.28. The number of benzene rings is 2. The van der Waals surface area contributed by atoms with E-state index in [0.29, 0.717) is 12.2 Å². The molecule has 0 unspecified atom stereocenters. The first-order valence-electron chi connectivity index (χ1n) is 9.48. The van der Waals surface area contributed by atoms with Crippen molar-refractivity contribution in [1.29, 1.82) is 0 Å². The van der Waals surface area contributed by atoms with Gasteiger partial charge in [0, 0.05) is 30.0 Å². The molecule has 0 bridgehead atoms. The Labute approximate surface area is 164 Å². The summed E-state index contributed by atoms with van der Waals surface area (Å²) in [6.07, 6.45) is 1.52. The quantitative estimate of drug-likeness (QED) is 0.713. The van der Waals surface area contributed by atoms with Crippen LogP contribution in [0.1, 0.15) is 39.1 Å². The summed E-state index contributed by atoms with van der Waals surface area (Å²) in [6.45, 7) is 3.81. The second kappa shape index (κ2) is 8.80. The molecule has 1 amide bonds. The second-order valence-electron chi connectivity index (χ2n) is 7.35. The van der Waals surface area contributed by atoms with E-state index in [0.717, 1.165) is 42.0 Å². The van der Waals surface area contributed by atoms with Gasteiger partial charge in [0.25, 0.3) is 5.91 Å². The Kier molecular flexibility index (Phi) is 6.21. The molecule has 0 aromatic heterocycles. The van der Waals surface area contributed by atoms with Crippen molar-refractivity contribution in [2.24, 2.45) is 5.92 Å². The predicted octanol–water partition coefficient (Wildman–Crippen LogP) is 0.475. The van der Waals surface area contributed by atoms with Gasteiger partial charge in [-0.05, 0) is 24.6 Å². The molecule has 28 heavy (non-hydrogen) atoms. The SMILES string of the molecule is Cc1ccc(C(=O)C2CC[NH+](CC(=O)Nc3cccc(C(=O)[O-])c3)CC2)cc1. The fourth-order valence-electron chi connectivity index (χ4n) is 3.57. The zero-order valence-electron chi connectivity index (χ0n) is 15.9. The summed E-state index contributed by atoms with van der Waals surface area (Å²) in [6, 6.07) is 13.7. The molecule has 6 nitrogen and oxygen atoms in total. The molecule has 1 heterocycles. The van der Waals surface area contributed by atoms with E-state index in [9.17, 15) is 19.5 Å². The van der Waals surface area contributed by atoms with Crippen molar-refractivity contribution < 1.29 is 24.4 Å². The first-order chi connectivity index (χ1) is 13.4. The van der Waals surface area contributed by atoms with Gasteiger partial charge in [-0.2, -0.15) is 0 Å². The molecule has 0 saturated carbocycles. The van der Waals surface area contributed by atoms with Crippen LogP contribution < -0.4 is 15.3 Å². The van der Waals surface area contributed by atoms with E-state index in [-0.39, 0.29) is 23.2 Å². The fraction of sp³-hybridized carbons (Fsp3) is 0.318. The van der Waals surface area contributed by atoms with Crippen LogP contribution in [0.4, 0.5) is 5.69 Å². The molecule has 3 rings (SSSR count). The molecule has 2 aromatic carbocycles. The molecule has 0 aliphatic carbocycles. The molecule has 2 N–H and O–H groups in total. The van der Waals surface area contributed by atoms with Gasteiger partial charge in [-0.15, -0.1) is 0 Å². The number of carbonyl (C=O) groups is 3. The zero-order valence-corrected chi connectivity index (χ0v) is 15.9. The van der Waals surface area contributed by atoms with Crippen molar-refractivity contribution in [2.75, 3.05) is 25.0 Å². The largest absolute Gasteiger partial charge is 0.545 e. The van der Waals surface area contributed by atoms with Crippen LogP contribution in [0.2, 0.25) is 0 Å². The summed E-state index contributed by atoms with van der Waals surface area (Å²) in [7, 11) is 0. The van der Waals surface area contributed by atoms with Gasteiger partial charge in [-0.3, -0.25) is 9.59 Å². The Balaban J connectivity index is 1.49. The second-order valence-corrected chi connectivity index (χ2v) is 7.35. The number of quaternary nitrogens is 1. The first kappa shape index (κ1) is 19.8. The topological polar surface area (TPSA) is 90.7 Å². The number of carboxylic acids is 1. The van der Waals surface area contributed by atoms with Crippen molar-refractivity contribution in [2.45, 2.75) is 19.8 Å². The minimum absolute atomic E-state index is 0.00858. The van der Waals surface area contributed by atoms with E-state index in [1.54, 1.807) is 12.1 Å². The summed E-state index contributed by atoms with van der Waals surface area (Å²) >= 11 is 0. The average Bonchev–Trinajstić information content (AvgIpc) is 2.68. The van der Waals surface area contributed by atoms with Crippen LogP contribution in [-0.2, 0) is 4.79 Å². The lowest BCUT2D eigenvalue weighted by Crippen LogP contribution is -3.14. The van der Waals surface area contributed by atoms with Gasteiger partial charge in [0.2, 0.25) is 0 Å². The minimum atomic E-state index is -1.28. The average molecular weight is 380 g/mol. The Morgan fingerprint density at radius 3 is 2.36 bits per heavy atom. The van der Waals surface area contributed by atoms with E-state index >= 15 is 0 Å². The maximum absolute atomic E-state index is 12.6. The lowest BCUT2D eigenvalue weighted by atomic mass is 9.88. The van der Waals surface area contributed by atoms with Gasteiger partial charge in [0.1, 0.15) is 0 Å². The highest BCUT2D eigenvalue weighted by molar-refractivity contribution is 5.98. The lowest BCUT2D eigenvalue weighted by molar-refractivity contribution is -0.897. The normalized spacial score (nSPS) is 19.0. The van der Waals surface area contributed by atoms with Crippen molar-refractivity contribution in [1.82, 2.24) is 0 Å². The molecule has 0 spiro atoms. The minimum Gasteiger partial charge on any atom is -0.545 e. The number of aromatic carboxylic acids is 1. The standard InChI is InChI=1S/C22H24N2O4/c1-15-5-7-16(8-6-15)21(26)17-9-11-24(12-10-17)14-20(25)23-19-4-2-3-18(13-19)22(27)28/h2-8,13,17H,9-12,14H2,1H3,(H,23,25)(H,27,28). The Morgan fingerprint density at radius 2 is 1.71 bits per heavy atom. The van der Waals surface area contributed by atoms with Crippen LogP contribution in [0.15, 0.2) is 48.5 Å². The van der Waals surface area contributed by atoms with Crippen LogP contribution in [0.3, 0.4) is 0 Å². The van der Waals surface area contributed by atoms with Crippen LogP contribution in [0, 0.1) is 12.8 Å². The number of carbonyl (C=O) groups excluding carboxylic acids is 3. The molecule has 2 aromatic rings. The van der Waals surface area contributed by atoms with Gasteiger partial charge < -0.3 is 20.1 Å². The third kappa shape index (κ3) is 5.04. The first-order valence-corrected chi connectivity index (χ1v) is 9.48. The monoisotopic (exact) mass is 380 g/mol. The highest BCUT2D eigenvalue weighted by atomic mass is 16.4. The number of carboxylic acid groups (broad SMARTS) is 1. The number of likely N-dealkylation sites (tertiary alicyclic amines) is 1. The van der Waals surface area contributed by atoms with Gasteiger partial charge in [-0.25, -0.2) is 0 Å². The summed E-state index contributed by atoms with van der Waals surface area (Å²) in [5.74, 6) is -1.26. The van der Waals surface area contributed by atoms with E-state index in [1.165, 1.54) is 12.1 Å². The third-order valence-electron chi connectivity index (χ3n) is 5.19. The highest BCUT2D eigenvalue weighted by Crippen LogP contribution is 2.17. The number of amides is 1. The van der Waals surface area contributed by atoms with Gasteiger partial charge in [0.15, 0.2) is 12.3 Å². The summed E-state index contributed by atoms with van der Waals surface area (Å²) in [4.78, 5) is 36.9. The molecule has 6 heteroatoms. The van der Waals surface area contributed by atoms with E-state index in [2.05, 4.69) is 5.32 Å². The molecule has 1 aliphatic heterocycles. The van der Waals surface area contributed by atoms with Crippen LogP contribution in [0.25, 0.3) is 0 Å². The molecule has 1 saturated heterocycles. The van der Waals surface area contributed by atoms with Crippen molar-refractivity contribution >= 4 is 23.3 Å². The maximum Gasteiger partial charge on any atom is 0.279 e. The number of rotatable bonds is 6. The van der Waals surface area contributed by atoms with E-state index in [1.807, 2.05) is 31.2 Å². The van der Waals surface area contributed by atoms with Crippen LogP contribution >= 0.6 is 0 Å². The number of nitrogens with one attached hydrogen (secondary N) is 2. The molecule has 0 atom stereocenters. The van der Waals surface area contributed by atoms with Gasteiger partial charge >= 0.3 is 0 Å². The Morgan fingerprint density at radius 1 is 1.04 bits per heavy atom. The highest BCUT2D eigenvalue weighted by Gasteiger charge is 2.29. The molecule has 1 aliphatic rings. The number of anilines is 1. The number of aryl methyl sites for hydroxylation is 1. The Hall–Kier alpha value is -2.99. The summed E-state index contributed by atoms with van der Waals surface area (Å²) < 4.78 is 0. The van der Waals surface area contributed by atoms with Crippen molar-refractivity contribution in [3.05, 3.63) is 65.2 Å². The van der Waals surface area contributed by atoms with E-state index < -0.39 is 5.97 Å². The maximum atomic E-state index is 12.6. The zero-order chi connectivity index (χ0) is 20.1. The number of hydrogen-bond acceptors (Lipinski definition) is 4. The molecule has 0 radical (unpaired) electrons. The van der Waals surface area contributed by atoms with Gasteiger partial charge in [0.05, 0.1) is 19.1 Å². The molecular weight excluding hydrogens is 356 g/mol. The summed E-state index contributed by atoms with van der Waals surface area (Å²) in [5, 5.41) is 13.6.